The Morgan fingerprint density at radius 3 is 2.35 bits per heavy atom. The van der Waals surface area contributed by atoms with E-state index in [1.807, 2.05) is 23.8 Å². The smallest absolute Gasteiger partial charge is 0.243 e. The summed E-state index contributed by atoms with van der Waals surface area (Å²) in [5, 5.41) is 3.91. The van der Waals surface area contributed by atoms with Crippen LogP contribution in [-0.2, 0) is 21.4 Å². The standard InChI is InChI=1S/C16H20N2O3S2/c1-13-4-6-15(7-5-13)23(20,21)18(3)11-16(19)17(2)10-14-8-9-22-12-14/h4-9,12H,10-11H2,1-3H3. The van der Waals surface area contributed by atoms with Crippen LogP contribution in [-0.4, -0.2) is 44.2 Å². The van der Waals surface area contributed by atoms with E-state index in [0.717, 1.165) is 15.4 Å². The molecule has 2 aromatic rings. The lowest BCUT2D eigenvalue weighted by molar-refractivity contribution is -0.130. The van der Waals surface area contributed by atoms with Gasteiger partial charge in [0.1, 0.15) is 0 Å². The van der Waals surface area contributed by atoms with E-state index in [-0.39, 0.29) is 17.3 Å². The number of nitrogens with zero attached hydrogens (tertiary/aromatic N) is 2. The second-order valence-corrected chi connectivity index (χ2v) is 8.28. The third kappa shape index (κ3) is 4.40. The molecule has 1 aromatic heterocycles. The number of hydrogen-bond donors (Lipinski definition) is 0. The Bertz CT molecular complexity index is 753. The molecule has 0 unspecified atom stereocenters. The fourth-order valence-electron chi connectivity index (χ4n) is 2.03. The zero-order chi connectivity index (χ0) is 17.0. The van der Waals surface area contributed by atoms with Gasteiger partial charge in [0.2, 0.25) is 15.9 Å². The molecular weight excluding hydrogens is 332 g/mol. The van der Waals surface area contributed by atoms with Crippen molar-refractivity contribution in [3.8, 4) is 0 Å². The highest BCUT2D eigenvalue weighted by Gasteiger charge is 2.24. The molecule has 1 aromatic carbocycles. The van der Waals surface area contributed by atoms with Crippen LogP contribution in [0.25, 0.3) is 0 Å². The highest BCUT2D eigenvalue weighted by Crippen LogP contribution is 2.15. The fourth-order valence-corrected chi connectivity index (χ4v) is 3.81. The first-order valence-corrected chi connectivity index (χ1v) is 9.47. The Morgan fingerprint density at radius 2 is 1.78 bits per heavy atom. The highest BCUT2D eigenvalue weighted by atomic mass is 32.2. The SMILES string of the molecule is Cc1ccc(S(=O)(=O)N(C)CC(=O)N(C)Cc2ccsc2)cc1. The molecule has 7 heteroatoms. The number of carbonyl (C=O) groups excluding carboxylic acids is 1. The minimum absolute atomic E-state index is 0.184. The lowest BCUT2D eigenvalue weighted by atomic mass is 10.2. The Balaban J connectivity index is 2.03. The van der Waals surface area contributed by atoms with Crippen molar-refractivity contribution in [3.63, 3.8) is 0 Å². The van der Waals surface area contributed by atoms with Crippen molar-refractivity contribution in [3.05, 3.63) is 52.2 Å². The van der Waals surface area contributed by atoms with Crippen molar-refractivity contribution in [1.29, 1.82) is 0 Å². The minimum atomic E-state index is -3.66. The molecule has 0 atom stereocenters. The van der Waals surface area contributed by atoms with E-state index in [0.29, 0.717) is 6.54 Å². The molecule has 0 bridgehead atoms. The van der Waals surface area contributed by atoms with Crippen LogP contribution in [0.4, 0.5) is 0 Å². The lowest BCUT2D eigenvalue weighted by Gasteiger charge is -2.21. The molecule has 0 radical (unpaired) electrons. The molecular formula is C16H20N2O3S2. The average Bonchev–Trinajstić information content (AvgIpc) is 3.00. The second-order valence-electron chi connectivity index (χ2n) is 5.46. The Kier molecular flexibility index (Phi) is 5.56. The zero-order valence-electron chi connectivity index (χ0n) is 13.4. The number of amides is 1. The van der Waals surface area contributed by atoms with Gasteiger partial charge in [-0.1, -0.05) is 17.7 Å². The third-order valence-corrected chi connectivity index (χ3v) is 6.06. The maximum atomic E-state index is 12.5. The van der Waals surface area contributed by atoms with Crippen molar-refractivity contribution in [2.75, 3.05) is 20.6 Å². The molecule has 0 fully saturated rings. The summed E-state index contributed by atoms with van der Waals surface area (Å²) in [6.45, 7) is 2.18. The van der Waals surface area contributed by atoms with E-state index in [9.17, 15) is 13.2 Å². The van der Waals surface area contributed by atoms with Crippen molar-refractivity contribution in [1.82, 2.24) is 9.21 Å². The summed E-state index contributed by atoms with van der Waals surface area (Å²) in [5.74, 6) is -0.241. The molecule has 1 heterocycles. The van der Waals surface area contributed by atoms with Crippen LogP contribution >= 0.6 is 11.3 Å². The Hall–Kier alpha value is -1.70. The molecule has 23 heavy (non-hydrogen) atoms. The minimum Gasteiger partial charge on any atom is -0.340 e. The maximum absolute atomic E-state index is 12.5. The first-order chi connectivity index (χ1) is 10.8. The second kappa shape index (κ2) is 7.25. The molecule has 2 rings (SSSR count). The first kappa shape index (κ1) is 17.7. The van der Waals surface area contributed by atoms with Gasteiger partial charge in [-0.2, -0.15) is 15.6 Å². The number of sulfonamides is 1. The molecule has 124 valence electrons. The number of thiophene rings is 1. The lowest BCUT2D eigenvalue weighted by Crippen LogP contribution is -2.39. The maximum Gasteiger partial charge on any atom is 0.243 e. The van der Waals surface area contributed by atoms with Gasteiger partial charge < -0.3 is 4.90 Å². The largest absolute Gasteiger partial charge is 0.340 e. The summed E-state index contributed by atoms with van der Waals surface area (Å²) >= 11 is 1.57. The van der Waals surface area contributed by atoms with Gasteiger partial charge in [-0.05, 0) is 41.4 Å². The van der Waals surface area contributed by atoms with Gasteiger partial charge in [0.15, 0.2) is 0 Å². The average molecular weight is 352 g/mol. The highest BCUT2D eigenvalue weighted by molar-refractivity contribution is 7.89. The molecule has 0 aliphatic heterocycles. The topological polar surface area (TPSA) is 57.7 Å². The predicted molar refractivity (Wildman–Crippen MR) is 91.8 cm³/mol. The predicted octanol–water partition coefficient (Wildman–Crippen LogP) is 2.34. The number of rotatable bonds is 6. The van der Waals surface area contributed by atoms with E-state index in [1.54, 1.807) is 42.6 Å². The number of likely N-dealkylation sites (N-methyl/N-ethyl adjacent to an activating group) is 2. The van der Waals surface area contributed by atoms with E-state index in [1.165, 1.54) is 11.9 Å². The fraction of sp³-hybridized carbons (Fsp3) is 0.312. The van der Waals surface area contributed by atoms with Gasteiger partial charge in [-0.25, -0.2) is 8.42 Å². The van der Waals surface area contributed by atoms with Gasteiger partial charge in [0, 0.05) is 20.6 Å². The van der Waals surface area contributed by atoms with Gasteiger partial charge >= 0.3 is 0 Å². The number of hydrogen-bond acceptors (Lipinski definition) is 4. The van der Waals surface area contributed by atoms with Crippen molar-refractivity contribution < 1.29 is 13.2 Å². The van der Waals surface area contributed by atoms with Crippen LogP contribution in [0.1, 0.15) is 11.1 Å². The van der Waals surface area contributed by atoms with Gasteiger partial charge in [0.05, 0.1) is 11.4 Å². The summed E-state index contributed by atoms with van der Waals surface area (Å²) in [7, 11) is -0.563. The molecule has 0 saturated heterocycles. The first-order valence-electron chi connectivity index (χ1n) is 7.09. The van der Waals surface area contributed by atoms with Gasteiger partial charge in [0.25, 0.3) is 0 Å². The summed E-state index contributed by atoms with van der Waals surface area (Å²) in [6, 6.07) is 8.54. The number of carbonyl (C=O) groups is 1. The van der Waals surface area contributed by atoms with Crippen molar-refractivity contribution in [2.45, 2.75) is 18.4 Å². The van der Waals surface area contributed by atoms with Crippen LogP contribution in [0.2, 0.25) is 0 Å². The summed E-state index contributed by atoms with van der Waals surface area (Å²) in [6.07, 6.45) is 0. The third-order valence-electron chi connectivity index (χ3n) is 3.51. The molecule has 0 spiro atoms. The van der Waals surface area contributed by atoms with E-state index >= 15 is 0 Å². The van der Waals surface area contributed by atoms with E-state index < -0.39 is 10.0 Å². The van der Waals surface area contributed by atoms with Crippen LogP contribution in [0, 0.1) is 6.92 Å². The monoisotopic (exact) mass is 352 g/mol. The van der Waals surface area contributed by atoms with Crippen LogP contribution in [0.15, 0.2) is 46.0 Å². The molecule has 0 N–H and O–H groups in total. The van der Waals surface area contributed by atoms with Crippen LogP contribution < -0.4 is 0 Å². The van der Waals surface area contributed by atoms with Gasteiger partial charge in [-0.15, -0.1) is 0 Å². The van der Waals surface area contributed by atoms with Crippen LogP contribution in [0.3, 0.4) is 0 Å². The zero-order valence-corrected chi connectivity index (χ0v) is 15.0. The molecule has 5 nitrogen and oxygen atoms in total. The van der Waals surface area contributed by atoms with Crippen molar-refractivity contribution >= 4 is 27.3 Å². The Morgan fingerprint density at radius 1 is 1.13 bits per heavy atom. The molecule has 0 aliphatic carbocycles. The number of benzene rings is 1. The Labute approximate surface area is 141 Å². The normalized spacial score (nSPS) is 11.7. The molecule has 0 saturated carbocycles. The summed E-state index contributed by atoms with van der Waals surface area (Å²) in [5.41, 5.74) is 2.02. The van der Waals surface area contributed by atoms with Gasteiger partial charge in [-0.3, -0.25) is 4.79 Å². The van der Waals surface area contributed by atoms with E-state index in [4.69, 9.17) is 0 Å². The molecule has 1 amide bonds. The van der Waals surface area contributed by atoms with Crippen LogP contribution in [0.5, 0.6) is 0 Å². The van der Waals surface area contributed by atoms with E-state index in [2.05, 4.69) is 0 Å². The quantitative estimate of drug-likeness (QED) is 0.802. The van der Waals surface area contributed by atoms with Crippen molar-refractivity contribution in [2.24, 2.45) is 0 Å². The summed E-state index contributed by atoms with van der Waals surface area (Å²) in [4.78, 5) is 14.0. The number of aryl methyl sites for hydroxylation is 1. The molecule has 0 aliphatic rings. The summed E-state index contributed by atoms with van der Waals surface area (Å²) < 4.78 is 26.0.